The van der Waals surface area contributed by atoms with Gasteiger partial charge in [-0.05, 0) is 11.6 Å². The lowest BCUT2D eigenvalue weighted by Crippen LogP contribution is -2.48. The van der Waals surface area contributed by atoms with E-state index in [1.165, 1.54) is 6.07 Å². The second-order valence-electron chi connectivity index (χ2n) is 4.14. The lowest BCUT2D eigenvalue weighted by molar-refractivity contribution is -0.384. The van der Waals surface area contributed by atoms with Crippen molar-refractivity contribution in [3.05, 3.63) is 32.3 Å². The number of nitrogens with one attached hydrogen (secondary N) is 1. The number of rotatable bonds is 2. The second kappa shape index (κ2) is 5.35. The fourth-order valence-electron chi connectivity index (χ4n) is 2.19. The molecule has 0 aliphatic carbocycles. The summed E-state index contributed by atoms with van der Waals surface area (Å²) in [5, 5.41) is 25.9. The molecule has 1 unspecified atom stereocenters. The van der Waals surface area contributed by atoms with Gasteiger partial charge in [-0.15, -0.1) is 0 Å². The molecule has 2 rings (SSSR count). The van der Waals surface area contributed by atoms with E-state index in [1.807, 2.05) is 0 Å². The molecule has 1 atom stereocenters. The van der Waals surface area contributed by atoms with Crippen LogP contribution < -0.4 is 14.9 Å². The molecule has 1 N–H and O–H groups in total. The molecule has 0 fully saturated rings. The van der Waals surface area contributed by atoms with Crippen LogP contribution in [0.5, 0.6) is 0 Å². The molecule has 0 bridgehead atoms. The Morgan fingerprint density at radius 3 is 2.85 bits per heavy atom. The Bertz CT molecular complexity index is 643. The Kier molecular flexibility index (Phi) is 3.77. The van der Waals surface area contributed by atoms with Crippen LogP contribution in [0.3, 0.4) is 0 Å². The fourth-order valence-corrected chi connectivity index (χ4v) is 2.68. The van der Waals surface area contributed by atoms with Crippen LogP contribution in [0.4, 0.5) is 16.2 Å². The Morgan fingerprint density at radius 1 is 1.60 bits per heavy atom. The zero-order valence-corrected chi connectivity index (χ0v) is 11.5. The number of carbonyl (C=O) groups is 1. The number of benzene rings is 1. The number of nitro benzene ring substituents is 1. The molecule has 1 amide bonds. The molecule has 104 valence electrons. The third-order valence-corrected chi connectivity index (χ3v) is 3.35. The van der Waals surface area contributed by atoms with Gasteiger partial charge in [0.1, 0.15) is 22.4 Å². The molecule has 0 spiro atoms. The van der Waals surface area contributed by atoms with Crippen molar-refractivity contribution in [3.8, 4) is 0 Å². The molecule has 0 saturated carbocycles. The van der Waals surface area contributed by atoms with E-state index in [4.69, 9.17) is 5.53 Å². The largest absolute Gasteiger partial charge is 0.530 e. The number of anilines is 1. The second-order valence-corrected chi connectivity index (χ2v) is 5.06. The van der Waals surface area contributed by atoms with Crippen molar-refractivity contribution in [1.29, 1.82) is 5.53 Å². The number of nitro groups is 1. The van der Waals surface area contributed by atoms with Gasteiger partial charge in [-0.25, -0.2) is 0 Å². The van der Waals surface area contributed by atoms with E-state index in [0.717, 1.165) is 4.90 Å². The highest BCUT2D eigenvalue weighted by molar-refractivity contribution is 9.10. The van der Waals surface area contributed by atoms with Crippen molar-refractivity contribution in [3.63, 3.8) is 0 Å². The van der Waals surface area contributed by atoms with Crippen molar-refractivity contribution in [2.24, 2.45) is 5.11 Å². The Balaban J connectivity index is 2.64. The number of hydrogen-bond donors (Lipinski definition) is 1. The smallest absolute Gasteiger partial charge is 0.294 e. The quantitative estimate of drug-likeness (QED) is 0.371. The molecule has 1 aromatic carbocycles. The van der Waals surface area contributed by atoms with E-state index in [2.05, 4.69) is 26.0 Å². The first kappa shape index (κ1) is 14.1. The van der Waals surface area contributed by atoms with Crippen LogP contribution in [-0.2, 0) is 6.42 Å². The van der Waals surface area contributed by atoms with Gasteiger partial charge in [0, 0.05) is 17.0 Å². The van der Waals surface area contributed by atoms with E-state index in [-0.39, 0.29) is 24.3 Å². The van der Waals surface area contributed by atoms with Crippen molar-refractivity contribution in [2.45, 2.75) is 12.5 Å². The highest BCUT2D eigenvalue weighted by Gasteiger charge is 2.34. The highest BCUT2D eigenvalue weighted by atomic mass is 79.9. The third-order valence-electron chi connectivity index (χ3n) is 2.89. The number of hydrogen-bond acceptors (Lipinski definition) is 6. The highest BCUT2D eigenvalue weighted by Crippen LogP contribution is 2.39. The number of amides is 1. The first-order valence-corrected chi connectivity index (χ1v) is 6.25. The first-order valence-electron chi connectivity index (χ1n) is 5.46. The van der Waals surface area contributed by atoms with Crippen LogP contribution in [0.1, 0.15) is 5.56 Å². The molecule has 9 nitrogen and oxygen atoms in total. The van der Waals surface area contributed by atoms with Crippen molar-refractivity contribution < 1.29 is 14.8 Å². The summed E-state index contributed by atoms with van der Waals surface area (Å²) in [6, 6.07) is 2.26. The molecular formula is C10H8BrN5O4. The summed E-state index contributed by atoms with van der Waals surface area (Å²) in [6.45, 7) is -0.125. The van der Waals surface area contributed by atoms with E-state index < -0.39 is 17.1 Å². The number of carbonyl (C=O) groups excluding carboxylic acids is 1. The predicted molar refractivity (Wildman–Crippen MR) is 68.3 cm³/mol. The average Bonchev–Trinajstić information content (AvgIpc) is 2.36. The van der Waals surface area contributed by atoms with E-state index in [0.29, 0.717) is 10.0 Å². The minimum Gasteiger partial charge on any atom is -0.530 e. The summed E-state index contributed by atoms with van der Waals surface area (Å²) >= 11 is 3.15. The van der Waals surface area contributed by atoms with Gasteiger partial charge in [0.15, 0.2) is 6.04 Å². The van der Waals surface area contributed by atoms with Gasteiger partial charge in [0.25, 0.3) is 5.69 Å². The van der Waals surface area contributed by atoms with E-state index in [9.17, 15) is 20.0 Å². The van der Waals surface area contributed by atoms with Gasteiger partial charge in [-0.2, -0.15) is 0 Å². The van der Waals surface area contributed by atoms with Crippen LogP contribution in [0.15, 0.2) is 21.7 Å². The summed E-state index contributed by atoms with van der Waals surface area (Å²) in [6.07, 6.45) is -1.29. The maximum Gasteiger partial charge on any atom is 0.294 e. The monoisotopic (exact) mass is 341 g/mol. The molecule has 1 aromatic rings. The average molecular weight is 342 g/mol. The Morgan fingerprint density at radius 2 is 2.30 bits per heavy atom. The number of halogens is 1. The standard InChI is InChI=1S/C10H8BrN5O4/c11-6-1-5-2-7(13-14-12)4-15(10(17)18)9(5)8(3-6)16(19)20/h1,3,7,12H,2,4H2. The summed E-state index contributed by atoms with van der Waals surface area (Å²) in [4.78, 5) is 25.3. The van der Waals surface area contributed by atoms with Gasteiger partial charge in [-0.3, -0.25) is 10.1 Å². The summed E-state index contributed by atoms with van der Waals surface area (Å²) in [5.41, 5.74) is 6.83. The van der Waals surface area contributed by atoms with Crippen LogP contribution in [0, 0.1) is 15.6 Å². The van der Waals surface area contributed by atoms with Crippen molar-refractivity contribution in [2.75, 3.05) is 11.4 Å². The summed E-state index contributed by atoms with van der Waals surface area (Å²) < 4.78 is 0.463. The lowest BCUT2D eigenvalue weighted by Gasteiger charge is -2.32. The van der Waals surface area contributed by atoms with Crippen LogP contribution in [-0.4, -0.2) is 23.6 Å². The Hall–Kier alpha value is -2.32. The molecule has 1 aliphatic rings. The number of fused-ring (bicyclic) bond motifs is 1. The van der Waals surface area contributed by atoms with Crippen molar-refractivity contribution in [1.82, 2.24) is 4.91 Å². The molecule has 0 saturated heterocycles. The van der Waals surface area contributed by atoms with Gasteiger partial charge in [0.05, 0.1) is 11.5 Å². The maximum atomic E-state index is 11.2. The van der Waals surface area contributed by atoms with E-state index in [1.54, 1.807) is 6.07 Å². The van der Waals surface area contributed by atoms with Crippen LogP contribution in [0.2, 0.25) is 0 Å². The van der Waals surface area contributed by atoms with Crippen molar-refractivity contribution >= 4 is 33.4 Å². The van der Waals surface area contributed by atoms with Gasteiger partial charge in [0.2, 0.25) is 4.91 Å². The maximum absolute atomic E-state index is 11.2. The minimum absolute atomic E-state index is 0.00497. The summed E-state index contributed by atoms with van der Waals surface area (Å²) in [7, 11) is 0. The van der Waals surface area contributed by atoms with Crippen LogP contribution >= 0.6 is 15.9 Å². The predicted octanol–water partition coefficient (Wildman–Crippen LogP) is 0.982. The van der Waals surface area contributed by atoms with Gasteiger partial charge >= 0.3 is 0 Å². The molecule has 1 heterocycles. The molecular weight excluding hydrogens is 334 g/mol. The fraction of sp³-hybridized carbons (Fsp3) is 0.300. The van der Waals surface area contributed by atoms with E-state index >= 15 is 0 Å². The minimum atomic E-state index is -1.55. The normalized spacial score (nSPS) is 17.1. The topological polar surface area (TPSA) is 137 Å². The Labute approximate surface area is 120 Å². The van der Waals surface area contributed by atoms with Gasteiger partial charge < -0.3 is 14.8 Å². The molecule has 10 heteroatoms. The first-order chi connectivity index (χ1) is 9.43. The van der Waals surface area contributed by atoms with Crippen LogP contribution in [0.25, 0.3) is 0 Å². The molecule has 0 aromatic heterocycles. The lowest BCUT2D eigenvalue weighted by atomic mass is 9.97. The number of nitrogens with zero attached hydrogens (tertiary/aromatic N) is 4. The third kappa shape index (κ3) is 2.51. The molecule has 1 aliphatic heterocycles. The number of carboxylic acid groups (broad SMARTS) is 1. The molecule has 0 radical (unpaired) electrons. The molecule has 20 heavy (non-hydrogen) atoms. The summed E-state index contributed by atoms with van der Waals surface area (Å²) in [5.74, 6) is 0. The van der Waals surface area contributed by atoms with Gasteiger partial charge in [-0.1, -0.05) is 15.9 Å². The zero-order chi connectivity index (χ0) is 14.9. The SMILES string of the molecule is N=[N+]=NC1Cc2cc(Br)cc([N+](=O)[O-])c2N(C(=O)[O-])C1. The zero-order valence-electron chi connectivity index (χ0n) is 9.95.